The van der Waals surface area contributed by atoms with Gasteiger partial charge in [0.05, 0.1) is 12.6 Å². The van der Waals surface area contributed by atoms with Crippen molar-refractivity contribution >= 4 is 40.9 Å². The van der Waals surface area contributed by atoms with Crippen molar-refractivity contribution in [2.24, 2.45) is 0 Å². The summed E-state index contributed by atoms with van der Waals surface area (Å²) in [6.07, 6.45) is -2.93. The second-order valence-electron chi connectivity index (χ2n) is 10.2. The summed E-state index contributed by atoms with van der Waals surface area (Å²) in [6.45, 7) is 0.350. The van der Waals surface area contributed by atoms with Gasteiger partial charge in [-0.05, 0) is 48.7 Å². The highest BCUT2D eigenvalue weighted by molar-refractivity contribution is 6.35. The van der Waals surface area contributed by atoms with Crippen LogP contribution in [0.4, 0.5) is 8.78 Å². The SMILES string of the molecule is Cc1c(O)cccc1C(=O)NC(Cc1ccccc1)C(O)C(=O)N1CC(F)(F)CC1C(=O)NCc1ccc(Cl)cc1Cl. The van der Waals surface area contributed by atoms with Crippen molar-refractivity contribution in [3.05, 3.63) is 99.0 Å². The zero-order chi connectivity index (χ0) is 30.6. The predicted octanol–water partition coefficient (Wildman–Crippen LogP) is 4.26. The van der Waals surface area contributed by atoms with E-state index >= 15 is 0 Å². The molecule has 222 valence electrons. The first kappa shape index (κ1) is 31.2. The van der Waals surface area contributed by atoms with Gasteiger partial charge in [-0.2, -0.15) is 0 Å². The van der Waals surface area contributed by atoms with Crippen LogP contribution in [0.15, 0.2) is 66.7 Å². The van der Waals surface area contributed by atoms with Crippen molar-refractivity contribution in [3.63, 3.8) is 0 Å². The van der Waals surface area contributed by atoms with E-state index in [2.05, 4.69) is 10.6 Å². The van der Waals surface area contributed by atoms with Crippen molar-refractivity contribution in [1.29, 1.82) is 0 Å². The molecular formula is C30H29Cl2F2N3O5. The lowest BCUT2D eigenvalue weighted by atomic mass is 9.98. The summed E-state index contributed by atoms with van der Waals surface area (Å²) in [6, 6.07) is 14.8. The van der Waals surface area contributed by atoms with E-state index in [0.29, 0.717) is 21.0 Å². The van der Waals surface area contributed by atoms with E-state index in [4.69, 9.17) is 23.2 Å². The summed E-state index contributed by atoms with van der Waals surface area (Å²) >= 11 is 12.0. The van der Waals surface area contributed by atoms with E-state index in [1.807, 2.05) is 0 Å². The number of carbonyl (C=O) groups is 3. The highest BCUT2D eigenvalue weighted by Gasteiger charge is 2.51. The first-order valence-corrected chi connectivity index (χ1v) is 13.8. The highest BCUT2D eigenvalue weighted by Crippen LogP contribution is 2.33. The Balaban J connectivity index is 1.55. The van der Waals surface area contributed by atoms with E-state index in [1.165, 1.54) is 31.2 Å². The summed E-state index contributed by atoms with van der Waals surface area (Å²) in [5, 5.41) is 27.0. The van der Waals surface area contributed by atoms with E-state index < -0.39 is 54.8 Å². The molecule has 3 aromatic carbocycles. The third kappa shape index (κ3) is 7.36. The number of hydrogen-bond acceptors (Lipinski definition) is 5. The number of halogens is 4. The number of phenolic OH excluding ortho intramolecular Hbond substituents is 1. The quantitative estimate of drug-likeness (QED) is 0.285. The van der Waals surface area contributed by atoms with Gasteiger partial charge in [0, 0.05) is 34.1 Å². The minimum Gasteiger partial charge on any atom is -0.508 e. The molecular weight excluding hydrogens is 591 g/mol. The molecule has 1 fully saturated rings. The maximum absolute atomic E-state index is 14.6. The van der Waals surface area contributed by atoms with Crippen LogP contribution in [0.1, 0.15) is 33.5 Å². The van der Waals surface area contributed by atoms with Crippen molar-refractivity contribution in [3.8, 4) is 5.75 Å². The zero-order valence-electron chi connectivity index (χ0n) is 22.5. The standard InChI is InChI=1S/C30H29Cl2F2N3O5/c1-17-21(8-5-9-25(17)38)27(40)36-23(12-18-6-3-2-4-7-18)26(39)29(42)37-16-30(33,34)14-24(37)28(41)35-15-19-10-11-20(31)13-22(19)32/h2-11,13,23-24,26,38-39H,12,14-16H2,1H3,(H,35,41)(H,36,40). The minimum absolute atomic E-state index is 0.0203. The number of aromatic hydroxyl groups is 1. The summed E-state index contributed by atoms with van der Waals surface area (Å²) < 4.78 is 29.2. The Morgan fingerprint density at radius 3 is 2.48 bits per heavy atom. The Kier molecular flexibility index (Phi) is 9.71. The third-order valence-corrected chi connectivity index (χ3v) is 7.71. The summed E-state index contributed by atoms with van der Waals surface area (Å²) in [5.74, 6) is -6.17. The number of aliphatic hydroxyl groups is 1. The average Bonchev–Trinajstić information content (AvgIpc) is 3.28. The number of nitrogens with one attached hydrogen (secondary N) is 2. The summed E-state index contributed by atoms with van der Waals surface area (Å²) in [4.78, 5) is 40.3. The number of likely N-dealkylation sites (tertiary alicyclic amines) is 1. The van der Waals surface area contributed by atoms with Crippen LogP contribution >= 0.6 is 23.2 Å². The molecule has 3 atom stereocenters. The number of carbonyl (C=O) groups excluding carboxylic acids is 3. The first-order chi connectivity index (χ1) is 19.9. The van der Waals surface area contributed by atoms with Crippen LogP contribution in [-0.4, -0.2) is 63.5 Å². The van der Waals surface area contributed by atoms with Crippen LogP contribution in [-0.2, 0) is 22.6 Å². The number of phenols is 1. The van der Waals surface area contributed by atoms with E-state index in [1.54, 1.807) is 42.5 Å². The Bertz CT molecular complexity index is 1470. The van der Waals surface area contributed by atoms with Crippen LogP contribution in [0.2, 0.25) is 10.0 Å². The van der Waals surface area contributed by atoms with Gasteiger partial charge < -0.3 is 25.7 Å². The van der Waals surface area contributed by atoms with Gasteiger partial charge in [-0.1, -0.05) is 65.7 Å². The molecule has 3 amide bonds. The summed E-state index contributed by atoms with van der Waals surface area (Å²) in [7, 11) is 0. The average molecular weight is 620 g/mol. The molecule has 0 radical (unpaired) electrons. The molecule has 0 bridgehead atoms. The lowest BCUT2D eigenvalue weighted by molar-refractivity contribution is -0.147. The van der Waals surface area contributed by atoms with Gasteiger partial charge in [0.25, 0.3) is 17.7 Å². The Morgan fingerprint density at radius 2 is 1.79 bits per heavy atom. The number of hydrogen-bond donors (Lipinski definition) is 4. The number of amides is 3. The number of alkyl halides is 2. The second-order valence-corrected chi connectivity index (χ2v) is 11.0. The smallest absolute Gasteiger partial charge is 0.267 e. The number of nitrogens with zero attached hydrogens (tertiary/aromatic N) is 1. The first-order valence-electron chi connectivity index (χ1n) is 13.1. The third-order valence-electron chi connectivity index (χ3n) is 7.12. The normalized spacial score (nSPS) is 17.4. The monoisotopic (exact) mass is 619 g/mol. The molecule has 0 saturated carbocycles. The van der Waals surface area contributed by atoms with E-state index in [0.717, 1.165) is 0 Å². The maximum Gasteiger partial charge on any atom is 0.267 e. The van der Waals surface area contributed by atoms with Crippen LogP contribution in [0.5, 0.6) is 5.75 Å². The molecule has 1 aliphatic rings. The highest BCUT2D eigenvalue weighted by atomic mass is 35.5. The number of rotatable bonds is 9. The van der Waals surface area contributed by atoms with Crippen molar-refractivity contribution in [2.75, 3.05) is 6.54 Å². The molecule has 8 nitrogen and oxygen atoms in total. The van der Waals surface area contributed by atoms with E-state index in [-0.39, 0.29) is 34.9 Å². The van der Waals surface area contributed by atoms with Gasteiger partial charge in [-0.25, -0.2) is 8.78 Å². The van der Waals surface area contributed by atoms with Crippen molar-refractivity contribution < 1.29 is 33.4 Å². The fourth-order valence-electron chi connectivity index (χ4n) is 4.82. The number of aliphatic hydroxyl groups excluding tert-OH is 1. The lowest BCUT2D eigenvalue weighted by Gasteiger charge is -2.30. The molecule has 4 N–H and O–H groups in total. The maximum atomic E-state index is 14.6. The molecule has 0 aliphatic carbocycles. The van der Waals surface area contributed by atoms with Gasteiger partial charge in [-0.3, -0.25) is 14.4 Å². The second kappa shape index (κ2) is 13.1. The van der Waals surface area contributed by atoms with Gasteiger partial charge in [0.1, 0.15) is 11.8 Å². The predicted molar refractivity (Wildman–Crippen MR) is 154 cm³/mol. The van der Waals surface area contributed by atoms with Crippen molar-refractivity contribution in [2.45, 2.75) is 50.4 Å². The van der Waals surface area contributed by atoms with Crippen LogP contribution in [0.3, 0.4) is 0 Å². The molecule has 0 aromatic heterocycles. The van der Waals surface area contributed by atoms with Crippen LogP contribution < -0.4 is 10.6 Å². The molecule has 3 aromatic rings. The summed E-state index contributed by atoms with van der Waals surface area (Å²) in [5.41, 5.74) is 1.54. The zero-order valence-corrected chi connectivity index (χ0v) is 24.0. The molecule has 4 rings (SSSR count). The Labute approximate surface area is 251 Å². The lowest BCUT2D eigenvalue weighted by Crippen LogP contribution is -2.56. The number of benzene rings is 3. The van der Waals surface area contributed by atoms with Gasteiger partial charge in [0.2, 0.25) is 5.91 Å². The van der Waals surface area contributed by atoms with Crippen LogP contribution in [0, 0.1) is 6.92 Å². The molecule has 1 aliphatic heterocycles. The molecule has 1 heterocycles. The Morgan fingerprint density at radius 1 is 1.07 bits per heavy atom. The van der Waals surface area contributed by atoms with Crippen molar-refractivity contribution in [1.82, 2.24) is 15.5 Å². The van der Waals surface area contributed by atoms with Gasteiger partial charge in [-0.15, -0.1) is 0 Å². The largest absolute Gasteiger partial charge is 0.508 e. The topological polar surface area (TPSA) is 119 Å². The fraction of sp³-hybridized carbons (Fsp3) is 0.300. The van der Waals surface area contributed by atoms with Gasteiger partial charge >= 0.3 is 0 Å². The minimum atomic E-state index is -3.38. The Hall–Kier alpha value is -3.73. The van der Waals surface area contributed by atoms with E-state index in [9.17, 15) is 33.4 Å². The van der Waals surface area contributed by atoms with Crippen LogP contribution in [0.25, 0.3) is 0 Å². The van der Waals surface area contributed by atoms with Gasteiger partial charge in [0.15, 0.2) is 6.10 Å². The fourth-order valence-corrected chi connectivity index (χ4v) is 5.29. The molecule has 1 saturated heterocycles. The molecule has 3 unspecified atom stereocenters. The molecule has 0 spiro atoms. The molecule has 42 heavy (non-hydrogen) atoms. The molecule has 12 heteroatoms.